The third kappa shape index (κ3) is 3.03. The Morgan fingerprint density at radius 2 is 2.10 bits per heavy atom. The summed E-state index contributed by atoms with van der Waals surface area (Å²) in [5.74, 6) is -0.444. The van der Waals surface area contributed by atoms with Crippen molar-refractivity contribution in [2.45, 2.75) is 13.5 Å². The lowest BCUT2D eigenvalue weighted by atomic mass is 10.1. The Hall–Kier alpha value is -2.20. The van der Waals surface area contributed by atoms with Crippen LogP contribution in [0.1, 0.15) is 21.5 Å². The van der Waals surface area contributed by atoms with E-state index in [1.165, 1.54) is 0 Å². The number of aryl methyl sites for hydroxylation is 1. The van der Waals surface area contributed by atoms with Gasteiger partial charge < -0.3 is 15.6 Å². The van der Waals surface area contributed by atoms with E-state index < -0.39 is 5.97 Å². The molecular weight excluding hydrogens is 278 g/mol. The van der Waals surface area contributed by atoms with E-state index in [9.17, 15) is 9.90 Å². The smallest absolute Gasteiger partial charge is 0.338 e. The van der Waals surface area contributed by atoms with Crippen LogP contribution in [0.4, 0.5) is 5.69 Å². The molecule has 20 heavy (non-hydrogen) atoms. The topological polar surface area (TPSA) is 72.5 Å². The molecule has 4 nitrogen and oxygen atoms in total. The van der Waals surface area contributed by atoms with Crippen molar-refractivity contribution in [1.82, 2.24) is 0 Å². The lowest BCUT2D eigenvalue weighted by molar-refractivity contribution is 0.0695. The predicted octanol–water partition coefficient (Wildman–Crippen LogP) is 3.51. The Labute approximate surface area is 121 Å². The Kier molecular flexibility index (Phi) is 4.15. The molecule has 0 heterocycles. The van der Waals surface area contributed by atoms with Gasteiger partial charge in [-0.3, -0.25) is 0 Å². The second-order valence-electron chi connectivity index (χ2n) is 4.39. The van der Waals surface area contributed by atoms with Crippen LogP contribution in [0.25, 0.3) is 0 Å². The molecule has 3 N–H and O–H groups in total. The highest BCUT2D eigenvalue weighted by molar-refractivity contribution is 6.30. The molecule has 2 rings (SSSR count). The molecule has 0 aliphatic heterocycles. The number of hydrogen-bond acceptors (Lipinski definition) is 3. The van der Waals surface area contributed by atoms with Crippen molar-refractivity contribution in [3.63, 3.8) is 0 Å². The number of nitrogens with two attached hydrogens (primary N) is 1. The molecule has 0 atom stereocenters. The Morgan fingerprint density at radius 1 is 1.35 bits per heavy atom. The minimum atomic E-state index is -1.07. The van der Waals surface area contributed by atoms with E-state index >= 15 is 0 Å². The summed E-state index contributed by atoms with van der Waals surface area (Å²) < 4.78 is 5.65. The number of aromatic carboxylic acids is 1. The Morgan fingerprint density at radius 3 is 2.80 bits per heavy atom. The molecule has 0 spiro atoms. The number of benzene rings is 2. The molecule has 0 aromatic heterocycles. The second-order valence-corrected chi connectivity index (χ2v) is 4.82. The number of hydrogen-bond donors (Lipinski definition) is 2. The summed E-state index contributed by atoms with van der Waals surface area (Å²) >= 11 is 5.91. The van der Waals surface area contributed by atoms with Crippen molar-refractivity contribution in [3.8, 4) is 5.75 Å². The van der Waals surface area contributed by atoms with Crippen LogP contribution in [0.2, 0.25) is 5.02 Å². The van der Waals surface area contributed by atoms with E-state index in [0.29, 0.717) is 16.3 Å². The van der Waals surface area contributed by atoms with Crippen LogP contribution in [0.5, 0.6) is 5.75 Å². The van der Waals surface area contributed by atoms with Gasteiger partial charge in [0.2, 0.25) is 0 Å². The number of carboxylic acids is 1. The van der Waals surface area contributed by atoms with Crippen LogP contribution in [0, 0.1) is 6.92 Å². The molecule has 0 aliphatic carbocycles. The first kappa shape index (κ1) is 14.2. The van der Waals surface area contributed by atoms with E-state index in [4.69, 9.17) is 22.1 Å². The molecule has 0 unspecified atom stereocenters. The van der Waals surface area contributed by atoms with Crippen molar-refractivity contribution in [3.05, 3.63) is 58.1 Å². The van der Waals surface area contributed by atoms with Crippen molar-refractivity contribution >= 4 is 23.3 Å². The molecule has 0 fully saturated rings. The zero-order chi connectivity index (χ0) is 14.7. The first-order chi connectivity index (χ1) is 9.49. The van der Waals surface area contributed by atoms with Gasteiger partial charge in [-0.2, -0.15) is 0 Å². The number of ether oxygens (including phenoxy) is 1. The lowest BCUT2D eigenvalue weighted by Crippen LogP contribution is -2.09. The van der Waals surface area contributed by atoms with Gasteiger partial charge >= 0.3 is 5.97 Å². The third-order valence-corrected chi connectivity index (χ3v) is 3.17. The van der Waals surface area contributed by atoms with Gasteiger partial charge in [0.05, 0.1) is 5.56 Å². The standard InChI is InChI=1S/C15H14ClNO3/c1-9-5-6-11(16)7-13(9)20-8-10-3-2-4-12(17)14(10)15(18)19/h2-7H,8,17H2,1H3,(H,18,19). The fourth-order valence-corrected chi connectivity index (χ4v) is 2.05. The number of nitrogen functional groups attached to an aromatic ring is 1. The first-order valence-corrected chi connectivity index (χ1v) is 6.36. The van der Waals surface area contributed by atoms with Crippen molar-refractivity contribution in [1.29, 1.82) is 0 Å². The average molecular weight is 292 g/mol. The summed E-state index contributed by atoms with van der Waals surface area (Å²) in [6.45, 7) is 2.01. The number of anilines is 1. The lowest BCUT2D eigenvalue weighted by Gasteiger charge is -2.12. The third-order valence-electron chi connectivity index (χ3n) is 2.93. The number of rotatable bonds is 4. The number of carboxylic acid groups (broad SMARTS) is 1. The second kappa shape index (κ2) is 5.84. The summed E-state index contributed by atoms with van der Waals surface area (Å²) in [6.07, 6.45) is 0. The quantitative estimate of drug-likeness (QED) is 0.846. The first-order valence-electron chi connectivity index (χ1n) is 5.98. The van der Waals surface area contributed by atoms with Crippen molar-refractivity contribution in [2.24, 2.45) is 0 Å². The highest BCUT2D eigenvalue weighted by atomic mass is 35.5. The van der Waals surface area contributed by atoms with Crippen molar-refractivity contribution in [2.75, 3.05) is 5.73 Å². The normalized spacial score (nSPS) is 10.3. The van der Waals surface area contributed by atoms with Gasteiger partial charge in [0.1, 0.15) is 12.4 Å². The average Bonchev–Trinajstić information content (AvgIpc) is 2.39. The number of halogens is 1. The minimum absolute atomic E-state index is 0.0761. The molecule has 0 aliphatic rings. The minimum Gasteiger partial charge on any atom is -0.489 e. The van der Waals surface area contributed by atoms with Gasteiger partial charge in [0.15, 0.2) is 0 Å². The summed E-state index contributed by atoms with van der Waals surface area (Å²) in [7, 11) is 0. The molecule has 0 saturated heterocycles. The maximum atomic E-state index is 11.2. The van der Waals surface area contributed by atoms with Gasteiger partial charge in [-0.25, -0.2) is 4.79 Å². The molecule has 0 amide bonds. The van der Waals surface area contributed by atoms with Gasteiger partial charge in [-0.05, 0) is 30.7 Å². The largest absolute Gasteiger partial charge is 0.489 e. The zero-order valence-corrected chi connectivity index (χ0v) is 11.6. The van der Waals surface area contributed by atoms with E-state index in [-0.39, 0.29) is 17.9 Å². The van der Waals surface area contributed by atoms with Crippen LogP contribution in [-0.4, -0.2) is 11.1 Å². The van der Waals surface area contributed by atoms with Crippen LogP contribution in [0.15, 0.2) is 36.4 Å². The fraction of sp³-hybridized carbons (Fsp3) is 0.133. The SMILES string of the molecule is Cc1ccc(Cl)cc1OCc1cccc(N)c1C(=O)O. The number of carbonyl (C=O) groups is 1. The summed E-state index contributed by atoms with van der Waals surface area (Å²) in [5.41, 5.74) is 7.44. The molecule has 2 aromatic carbocycles. The zero-order valence-electron chi connectivity index (χ0n) is 10.9. The molecule has 104 valence electrons. The van der Waals surface area contributed by atoms with Gasteiger partial charge in [0.25, 0.3) is 0 Å². The molecular formula is C15H14ClNO3. The van der Waals surface area contributed by atoms with Crippen LogP contribution >= 0.6 is 11.6 Å². The molecule has 5 heteroatoms. The van der Waals surface area contributed by atoms with Crippen LogP contribution in [0.3, 0.4) is 0 Å². The Bertz CT molecular complexity index is 656. The van der Waals surface area contributed by atoms with Gasteiger partial charge in [-0.15, -0.1) is 0 Å². The summed E-state index contributed by atoms with van der Waals surface area (Å²) in [6, 6.07) is 10.2. The van der Waals surface area contributed by atoms with E-state index in [2.05, 4.69) is 0 Å². The summed E-state index contributed by atoms with van der Waals surface area (Å²) in [4.78, 5) is 11.2. The highest BCUT2D eigenvalue weighted by Crippen LogP contribution is 2.25. The van der Waals surface area contributed by atoms with E-state index in [0.717, 1.165) is 5.56 Å². The van der Waals surface area contributed by atoms with Crippen molar-refractivity contribution < 1.29 is 14.6 Å². The molecule has 2 aromatic rings. The van der Waals surface area contributed by atoms with Gasteiger partial charge in [0, 0.05) is 16.3 Å². The molecule has 0 bridgehead atoms. The molecule has 0 saturated carbocycles. The molecule has 0 radical (unpaired) electrons. The van der Waals surface area contributed by atoms with E-state index in [1.807, 2.05) is 13.0 Å². The van der Waals surface area contributed by atoms with Crippen LogP contribution < -0.4 is 10.5 Å². The highest BCUT2D eigenvalue weighted by Gasteiger charge is 2.14. The fourth-order valence-electron chi connectivity index (χ4n) is 1.89. The maximum Gasteiger partial charge on any atom is 0.338 e. The van der Waals surface area contributed by atoms with Crippen LogP contribution in [-0.2, 0) is 6.61 Å². The van der Waals surface area contributed by atoms with Gasteiger partial charge in [-0.1, -0.05) is 29.8 Å². The monoisotopic (exact) mass is 291 g/mol. The summed E-state index contributed by atoms with van der Waals surface area (Å²) in [5, 5.41) is 9.75. The predicted molar refractivity (Wildman–Crippen MR) is 78.3 cm³/mol. The Balaban J connectivity index is 2.25. The maximum absolute atomic E-state index is 11.2. The van der Waals surface area contributed by atoms with E-state index in [1.54, 1.807) is 30.3 Å².